The maximum Gasteiger partial charge on any atom is 0.237 e. The Hall–Kier alpha value is -0.520. The summed E-state index contributed by atoms with van der Waals surface area (Å²) in [6.45, 7) is 1.20. The Kier molecular flexibility index (Phi) is 3.58. The lowest BCUT2D eigenvalue weighted by atomic mass is 10.4. The normalized spacial score (nSPS) is 11.3. The minimum Gasteiger partial charge on any atom is -0.286 e. The van der Waals surface area contributed by atoms with Crippen LogP contribution in [0.2, 0.25) is 5.02 Å². The van der Waals surface area contributed by atoms with Crippen molar-refractivity contribution < 1.29 is 13.2 Å². The summed E-state index contributed by atoms with van der Waals surface area (Å²) in [4.78, 5) is 10.7. The average Bonchev–Trinajstić information content (AvgIpc) is 2.01. The molecule has 3 nitrogen and oxygen atoms in total. The van der Waals surface area contributed by atoms with E-state index in [9.17, 15) is 13.2 Å². The van der Waals surface area contributed by atoms with Gasteiger partial charge in [-0.05, 0) is 18.2 Å². The molecule has 76 valence electrons. The Bertz CT molecular complexity index is 453. The van der Waals surface area contributed by atoms with Gasteiger partial charge in [0.25, 0.3) is 0 Å². The van der Waals surface area contributed by atoms with Gasteiger partial charge in [-0.15, -0.1) is 0 Å². The Morgan fingerprint density at radius 1 is 1.43 bits per heavy atom. The van der Waals surface area contributed by atoms with Gasteiger partial charge in [-0.1, -0.05) is 17.7 Å². The van der Waals surface area contributed by atoms with Crippen molar-refractivity contribution in [3.63, 3.8) is 0 Å². The summed E-state index contributed by atoms with van der Waals surface area (Å²) in [6, 6.07) is 5.80. The number of hydrogen-bond acceptors (Lipinski definition) is 4. The van der Waals surface area contributed by atoms with Crippen LogP contribution in [0.5, 0.6) is 0 Å². The molecule has 0 aliphatic rings. The summed E-state index contributed by atoms with van der Waals surface area (Å²) in [5.74, 6) is 0. The van der Waals surface area contributed by atoms with E-state index >= 15 is 0 Å². The van der Waals surface area contributed by atoms with Crippen molar-refractivity contribution in [3.05, 3.63) is 29.3 Å². The predicted octanol–water partition coefficient (Wildman–Crippen LogP) is 2.31. The summed E-state index contributed by atoms with van der Waals surface area (Å²) < 4.78 is 23.0. The molecular weight excluding hydrogens is 244 g/mol. The lowest BCUT2D eigenvalue weighted by Crippen LogP contribution is -1.98. The number of hydrogen-bond donors (Lipinski definition) is 0. The molecule has 0 radical (unpaired) electrons. The van der Waals surface area contributed by atoms with Gasteiger partial charge < -0.3 is 0 Å². The van der Waals surface area contributed by atoms with E-state index in [1.54, 1.807) is 6.07 Å². The van der Waals surface area contributed by atoms with Crippen LogP contribution < -0.4 is 0 Å². The predicted molar refractivity (Wildman–Crippen MR) is 56.9 cm³/mol. The molecular formula is C8H7ClO3S2. The molecule has 0 fully saturated rings. The average molecular weight is 251 g/mol. The van der Waals surface area contributed by atoms with Crippen molar-refractivity contribution in [3.8, 4) is 0 Å². The van der Waals surface area contributed by atoms with Gasteiger partial charge in [-0.25, -0.2) is 8.42 Å². The molecule has 6 heteroatoms. The third-order valence-electron chi connectivity index (χ3n) is 1.31. The second kappa shape index (κ2) is 4.33. The Balaban J connectivity index is 3.11. The first-order valence-electron chi connectivity index (χ1n) is 3.62. The Morgan fingerprint density at radius 3 is 2.57 bits per heavy atom. The number of rotatable bonds is 2. The fourth-order valence-electron chi connectivity index (χ4n) is 0.825. The molecule has 0 aliphatic heterocycles. The van der Waals surface area contributed by atoms with Gasteiger partial charge in [0, 0.05) is 22.7 Å². The van der Waals surface area contributed by atoms with Gasteiger partial charge in [-0.3, -0.25) is 4.79 Å². The van der Waals surface area contributed by atoms with Gasteiger partial charge in [0.15, 0.2) is 0 Å². The van der Waals surface area contributed by atoms with Crippen molar-refractivity contribution in [2.75, 3.05) is 0 Å². The molecule has 0 heterocycles. The minimum absolute atomic E-state index is 0.0465. The van der Waals surface area contributed by atoms with Gasteiger partial charge >= 0.3 is 0 Å². The first-order chi connectivity index (χ1) is 6.42. The van der Waals surface area contributed by atoms with Crippen LogP contribution in [-0.4, -0.2) is 13.5 Å². The number of carbonyl (C=O) groups is 1. The Morgan fingerprint density at radius 2 is 2.07 bits per heavy atom. The van der Waals surface area contributed by atoms with Crippen LogP contribution in [0.4, 0.5) is 0 Å². The second-order valence-electron chi connectivity index (χ2n) is 2.49. The number of carbonyl (C=O) groups excluding carboxylic acids is 1. The highest BCUT2D eigenvalue weighted by Gasteiger charge is 2.17. The SMILES string of the molecule is CC(=O)SS(=O)(=O)c1cccc(Cl)c1. The van der Waals surface area contributed by atoms with Crippen molar-refractivity contribution >= 4 is 36.4 Å². The Labute approximate surface area is 90.8 Å². The molecule has 0 bridgehead atoms. The fourth-order valence-corrected chi connectivity index (χ4v) is 3.53. The van der Waals surface area contributed by atoms with E-state index in [0.29, 0.717) is 15.8 Å². The summed E-state index contributed by atoms with van der Waals surface area (Å²) in [6.07, 6.45) is 0. The standard InChI is InChI=1S/C8H7ClO3S2/c1-6(10)13-14(11,12)8-4-2-3-7(9)5-8/h2-5H,1H3. The summed E-state index contributed by atoms with van der Waals surface area (Å²) in [5, 5.41) is -0.139. The highest BCUT2D eigenvalue weighted by Crippen LogP contribution is 2.25. The highest BCUT2D eigenvalue weighted by atomic mass is 35.5. The highest BCUT2D eigenvalue weighted by molar-refractivity contribution is 8.77. The molecule has 1 aromatic carbocycles. The second-order valence-corrected chi connectivity index (χ2v) is 6.86. The lowest BCUT2D eigenvalue weighted by molar-refractivity contribution is -0.109. The maximum absolute atomic E-state index is 11.5. The molecule has 0 saturated heterocycles. The summed E-state index contributed by atoms with van der Waals surface area (Å²) in [7, 11) is -3.31. The van der Waals surface area contributed by atoms with Crippen molar-refractivity contribution in [2.24, 2.45) is 0 Å². The molecule has 1 aromatic rings. The zero-order valence-electron chi connectivity index (χ0n) is 7.23. The number of benzene rings is 1. The van der Waals surface area contributed by atoms with Crippen molar-refractivity contribution in [1.29, 1.82) is 0 Å². The third-order valence-corrected chi connectivity index (χ3v) is 4.77. The maximum atomic E-state index is 11.5. The summed E-state index contributed by atoms with van der Waals surface area (Å²) >= 11 is 5.63. The van der Waals surface area contributed by atoms with Crippen LogP contribution in [-0.2, 0) is 13.7 Å². The van der Waals surface area contributed by atoms with E-state index in [0.717, 1.165) is 0 Å². The molecule has 1 rings (SSSR count). The zero-order valence-corrected chi connectivity index (χ0v) is 9.62. The number of halogens is 1. The van der Waals surface area contributed by atoms with Crippen LogP contribution in [0.15, 0.2) is 29.2 Å². The van der Waals surface area contributed by atoms with Crippen LogP contribution >= 0.6 is 22.4 Å². The van der Waals surface area contributed by atoms with Crippen LogP contribution in [0.1, 0.15) is 6.92 Å². The smallest absolute Gasteiger partial charge is 0.237 e. The van der Waals surface area contributed by atoms with E-state index in [-0.39, 0.29) is 4.90 Å². The van der Waals surface area contributed by atoms with Crippen LogP contribution in [0.25, 0.3) is 0 Å². The largest absolute Gasteiger partial charge is 0.286 e. The molecule has 0 N–H and O–H groups in total. The monoisotopic (exact) mass is 250 g/mol. The topological polar surface area (TPSA) is 51.2 Å². The quantitative estimate of drug-likeness (QED) is 0.756. The van der Waals surface area contributed by atoms with Crippen LogP contribution in [0, 0.1) is 0 Å². The zero-order chi connectivity index (χ0) is 10.8. The van der Waals surface area contributed by atoms with Crippen molar-refractivity contribution in [1.82, 2.24) is 0 Å². The molecule has 0 saturated carbocycles. The first kappa shape index (κ1) is 11.6. The molecule has 0 amide bonds. The summed E-state index contributed by atoms with van der Waals surface area (Å²) in [5.41, 5.74) is 0. The molecule has 0 spiro atoms. The van der Waals surface area contributed by atoms with E-state index in [2.05, 4.69) is 0 Å². The minimum atomic E-state index is -3.60. The van der Waals surface area contributed by atoms with Gasteiger partial charge in [-0.2, -0.15) is 0 Å². The van der Waals surface area contributed by atoms with Gasteiger partial charge in [0.1, 0.15) is 0 Å². The molecule has 0 atom stereocenters. The van der Waals surface area contributed by atoms with Gasteiger partial charge in [0.05, 0.1) is 4.90 Å². The van der Waals surface area contributed by atoms with E-state index in [1.807, 2.05) is 0 Å². The van der Waals surface area contributed by atoms with E-state index in [1.165, 1.54) is 25.1 Å². The molecule has 0 aliphatic carbocycles. The first-order valence-corrected chi connectivity index (χ1v) is 6.82. The lowest BCUT2D eigenvalue weighted by Gasteiger charge is -2.00. The fraction of sp³-hybridized carbons (Fsp3) is 0.125. The third kappa shape index (κ3) is 3.01. The molecule has 0 aromatic heterocycles. The molecule has 14 heavy (non-hydrogen) atoms. The molecule has 0 unspecified atom stereocenters. The van der Waals surface area contributed by atoms with E-state index < -0.39 is 14.0 Å². The van der Waals surface area contributed by atoms with Crippen molar-refractivity contribution in [2.45, 2.75) is 11.8 Å². The van der Waals surface area contributed by atoms with E-state index in [4.69, 9.17) is 11.6 Å². The van der Waals surface area contributed by atoms with Crippen LogP contribution in [0.3, 0.4) is 0 Å². The van der Waals surface area contributed by atoms with Gasteiger partial charge in [0.2, 0.25) is 14.0 Å².